The van der Waals surface area contributed by atoms with Crippen molar-refractivity contribution in [1.82, 2.24) is 5.32 Å². The molecule has 0 saturated carbocycles. The van der Waals surface area contributed by atoms with E-state index < -0.39 is 0 Å². The Morgan fingerprint density at radius 1 is 1.31 bits per heavy atom. The van der Waals surface area contributed by atoms with E-state index in [9.17, 15) is 0 Å². The molecule has 0 aromatic heterocycles. The summed E-state index contributed by atoms with van der Waals surface area (Å²) in [7, 11) is 2.00. The Kier molecular flexibility index (Phi) is 4.00. The van der Waals surface area contributed by atoms with Gasteiger partial charge in [0.05, 0.1) is 18.2 Å². The Balaban J connectivity index is 2.13. The Bertz CT molecular complexity index is 338. The molecule has 0 aliphatic carbocycles. The van der Waals surface area contributed by atoms with Crippen LogP contribution in [0.3, 0.4) is 0 Å². The molecule has 1 fully saturated rings. The highest BCUT2D eigenvalue weighted by atomic mass is 79.9. The van der Waals surface area contributed by atoms with Gasteiger partial charge in [-0.15, -0.1) is 0 Å². The van der Waals surface area contributed by atoms with Crippen molar-refractivity contribution >= 4 is 15.9 Å². The second-order valence-corrected chi connectivity index (χ2v) is 5.30. The van der Waals surface area contributed by atoms with Crippen molar-refractivity contribution in [2.24, 2.45) is 0 Å². The minimum atomic E-state index is 0.304. The van der Waals surface area contributed by atoms with Gasteiger partial charge in [-0.05, 0) is 44.5 Å². The van der Waals surface area contributed by atoms with Gasteiger partial charge in [0.2, 0.25) is 0 Å². The molecule has 1 aromatic carbocycles. The summed E-state index contributed by atoms with van der Waals surface area (Å²) in [6, 6.07) is 8.77. The molecule has 0 amide bonds. The van der Waals surface area contributed by atoms with E-state index in [2.05, 4.69) is 52.4 Å². The van der Waals surface area contributed by atoms with Gasteiger partial charge in [0.15, 0.2) is 0 Å². The summed E-state index contributed by atoms with van der Waals surface area (Å²) in [5.41, 5.74) is 1.30. The molecule has 1 N–H and O–H groups in total. The minimum absolute atomic E-state index is 0.304. The number of nitrogens with one attached hydrogen (secondary N) is 1. The number of hydrogen-bond acceptors (Lipinski definition) is 2. The molecule has 88 valence electrons. The molecular formula is C13H18BrNO. The summed E-state index contributed by atoms with van der Waals surface area (Å²) in [5, 5.41) is 3.36. The number of hydrogen-bond donors (Lipinski definition) is 1. The first kappa shape index (κ1) is 12.1. The molecule has 1 heterocycles. The SMILES string of the molecule is CNC(c1ccc(Br)cc1)C1CCC(C)O1. The van der Waals surface area contributed by atoms with Gasteiger partial charge in [0, 0.05) is 4.47 Å². The molecule has 2 rings (SSSR count). The van der Waals surface area contributed by atoms with Crippen molar-refractivity contribution in [3.05, 3.63) is 34.3 Å². The predicted octanol–water partition coefficient (Wildman–Crippen LogP) is 3.28. The maximum absolute atomic E-state index is 5.92. The molecule has 3 unspecified atom stereocenters. The van der Waals surface area contributed by atoms with Gasteiger partial charge in [-0.1, -0.05) is 28.1 Å². The van der Waals surface area contributed by atoms with Crippen molar-refractivity contribution in [3.63, 3.8) is 0 Å². The largest absolute Gasteiger partial charge is 0.373 e. The number of ether oxygens (including phenoxy) is 1. The lowest BCUT2D eigenvalue weighted by Crippen LogP contribution is -2.29. The van der Waals surface area contributed by atoms with Crippen molar-refractivity contribution < 1.29 is 4.74 Å². The van der Waals surface area contributed by atoms with Gasteiger partial charge < -0.3 is 10.1 Å². The monoisotopic (exact) mass is 283 g/mol. The van der Waals surface area contributed by atoms with E-state index >= 15 is 0 Å². The predicted molar refractivity (Wildman–Crippen MR) is 69.5 cm³/mol. The second kappa shape index (κ2) is 5.30. The summed E-state index contributed by atoms with van der Waals surface area (Å²) < 4.78 is 7.04. The van der Waals surface area contributed by atoms with Gasteiger partial charge >= 0.3 is 0 Å². The fourth-order valence-electron chi connectivity index (χ4n) is 2.32. The van der Waals surface area contributed by atoms with E-state index in [0.29, 0.717) is 18.2 Å². The van der Waals surface area contributed by atoms with E-state index in [0.717, 1.165) is 10.9 Å². The van der Waals surface area contributed by atoms with E-state index in [-0.39, 0.29) is 0 Å². The molecular weight excluding hydrogens is 266 g/mol. The third-order valence-electron chi connectivity index (χ3n) is 3.18. The Morgan fingerprint density at radius 2 is 2.00 bits per heavy atom. The van der Waals surface area contributed by atoms with Crippen LogP contribution in [0.5, 0.6) is 0 Å². The molecule has 3 atom stereocenters. The first-order valence-corrected chi connectivity index (χ1v) is 6.58. The van der Waals surface area contributed by atoms with E-state index in [4.69, 9.17) is 4.74 Å². The lowest BCUT2D eigenvalue weighted by atomic mass is 9.99. The molecule has 1 aromatic rings. The van der Waals surface area contributed by atoms with E-state index in [1.807, 2.05) is 7.05 Å². The highest BCUT2D eigenvalue weighted by Crippen LogP contribution is 2.30. The molecule has 1 saturated heterocycles. The maximum Gasteiger partial charge on any atom is 0.0774 e. The zero-order chi connectivity index (χ0) is 11.5. The van der Waals surface area contributed by atoms with Crippen LogP contribution in [0, 0.1) is 0 Å². The molecule has 0 radical (unpaired) electrons. The van der Waals surface area contributed by atoms with Gasteiger partial charge in [0.25, 0.3) is 0 Å². The normalized spacial score (nSPS) is 26.9. The summed E-state index contributed by atoms with van der Waals surface area (Å²) in [6.07, 6.45) is 3.01. The van der Waals surface area contributed by atoms with Crippen molar-refractivity contribution in [2.75, 3.05) is 7.05 Å². The first-order valence-electron chi connectivity index (χ1n) is 5.79. The van der Waals surface area contributed by atoms with Crippen LogP contribution in [0.15, 0.2) is 28.7 Å². The summed E-state index contributed by atoms with van der Waals surface area (Å²) in [5.74, 6) is 0. The Labute approximate surface area is 106 Å². The third kappa shape index (κ3) is 2.65. The Hall–Kier alpha value is -0.380. The lowest BCUT2D eigenvalue weighted by Gasteiger charge is -2.23. The van der Waals surface area contributed by atoms with Gasteiger partial charge in [0.1, 0.15) is 0 Å². The molecule has 0 spiro atoms. The van der Waals surface area contributed by atoms with Gasteiger partial charge in [-0.3, -0.25) is 0 Å². The average Bonchev–Trinajstić information content (AvgIpc) is 2.69. The van der Waals surface area contributed by atoms with Crippen LogP contribution in [0.25, 0.3) is 0 Å². The van der Waals surface area contributed by atoms with Crippen LogP contribution in [0.4, 0.5) is 0 Å². The zero-order valence-corrected chi connectivity index (χ0v) is 11.3. The van der Waals surface area contributed by atoms with Crippen molar-refractivity contribution in [3.8, 4) is 0 Å². The van der Waals surface area contributed by atoms with Crippen molar-refractivity contribution in [1.29, 1.82) is 0 Å². The number of likely N-dealkylation sites (N-methyl/N-ethyl adjacent to an activating group) is 1. The lowest BCUT2D eigenvalue weighted by molar-refractivity contribution is 0.0333. The number of halogens is 1. The van der Waals surface area contributed by atoms with Crippen LogP contribution in [0.2, 0.25) is 0 Å². The van der Waals surface area contributed by atoms with Crippen LogP contribution >= 0.6 is 15.9 Å². The summed E-state index contributed by atoms with van der Waals surface area (Å²) in [4.78, 5) is 0. The maximum atomic E-state index is 5.92. The molecule has 1 aliphatic rings. The minimum Gasteiger partial charge on any atom is -0.373 e. The number of rotatable bonds is 3. The fraction of sp³-hybridized carbons (Fsp3) is 0.538. The standard InChI is InChI=1S/C13H18BrNO/c1-9-3-8-12(16-9)13(15-2)10-4-6-11(14)7-5-10/h4-7,9,12-13,15H,3,8H2,1-2H3. The highest BCUT2D eigenvalue weighted by Gasteiger charge is 2.29. The zero-order valence-electron chi connectivity index (χ0n) is 9.74. The fourth-order valence-corrected chi connectivity index (χ4v) is 2.58. The summed E-state index contributed by atoms with van der Waals surface area (Å²) >= 11 is 3.46. The Morgan fingerprint density at radius 3 is 2.50 bits per heavy atom. The smallest absolute Gasteiger partial charge is 0.0774 e. The molecule has 2 nitrogen and oxygen atoms in total. The second-order valence-electron chi connectivity index (χ2n) is 4.38. The summed E-state index contributed by atoms with van der Waals surface area (Å²) in [6.45, 7) is 2.15. The molecule has 3 heteroatoms. The molecule has 16 heavy (non-hydrogen) atoms. The van der Waals surface area contributed by atoms with Crippen LogP contribution in [0.1, 0.15) is 31.4 Å². The van der Waals surface area contributed by atoms with Gasteiger partial charge in [-0.2, -0.15) is 0 Å². The topological polar surface area (TPSA) is 21.3 Å². The van der Waals surface area contributed by atoms with Crippen LogP contribution < -0.4 is 5.32 Å². The van der Waals surface area contributed by atoms with Crippen LogP contribution in [-0.4, -0.2) is 19.3 Å². The molecule has 1 aliphatic heterocycles. The highest BCUT2D eigenvalue weighted by molar-refractivity contribution is 9.10. The van der Waals surface area contributed by atoms with Gasteiger partial charge in [-0.25, -0.2) is 0 Å². The number of benzene rings is 1. The third-order valence-corrected chi connectivity index (χ3v) is 3.71. The first-order chi connectivity index (χ1) is 7.70. The van der Waals surface area contributed by atoms with E-state index in [1.54, 1.807) is 0 Å². The quantitative estimate of drug-likeness (QED) is 0.919. The average molecular weight is 284 g/mol. The van der Waals surface area contributed by atoms with E-state index in [1.165, 1.54) is 12.0 Å². The van der Waals surface area contributed by atoms with Crippen LogP contribution in [-0.2, 0) is 4.74 Å². The van der Waals surface area contributed by atoms with Crippen molar-refractivity contribution in [2.45, 2.75) is 38.0 Å². The molecule has 0 bridgehead atoms.